The largest absolute Gasteiger partial charge is 0.492 e. The van der Waals surface area contributed by atoms with Gasteiger partial charge in [-0.2, -0.15) is 5.10 Å². The molecule has 0 bridgehead atoms. The number of aromatic nitrogens is 3. The molecule has 0 radical (unpaired) electrons. The van der Waals surface area contributed by atoms with Gasteiger partial charge in [-0.3, -0.25) is 14.3 Å². The number of carboxylic acids is 1. The van der Waals surface area contributed by atoms with Gasteiger partial charge in [0.2, 0.25) is 0 Å². The third kappa shape index (κ3) is 6.35. The van der Waals surface area contributed by atoms with Gasteiger partial charge in [0.1, 0.15) is 30.3 Å². The van der Waals surface area contributed by atoms with Crippen LogP contribution < -0.4 is 20.7 Å². The summed E-state index contributed by atoms with van der Waals surface area (Å²) in [5.41, 5.74) is 7.00. The summed E-state index contributed by atoms with van der Waals surface area (Å²) in [5, 5.41) is 16.4. The molecule has 1 aromatic carbocycles. The van der Waals surface area contributed by atoms with Gasteiger partial charge in [-0.25, -0.2) is 4.98 Å². The highest BCUT2D eigenvalue weighted by Crippen LogP contribution is 2.17. The van der Waals surface area contributed by atoms with E-state index in [4.69, 9.17) is 27.2 Å². The molecule has 0 unspecified atom stereocenters. The third-order valence-corrected chi connectivity index (χ3v) is 4.64. The molecule has 32 heavy (non-hydrogen) atoms. The molecule has 0 saturated heterocycles. The van der Waals surface area contributed by atoms with Crippen molar-refractivity contribution in [3.05, 3.63) is 64.9 Å². The first-order valence-corrected chi connectivity index (χ1v) is 10.1. The number of likely N-dealkylation sites (N-methyl/N-ethyl adjacent to an activating group) is 1. The van der Waals surface area contributed by atoms with Crippen molar-refractivity contribution in [2.24, 2.45) is 0 Å². The van der Waals surface area contributed by atoms with E-state index >= 15 is 0 Å². The predicted molar refractivity (Wildman–Crippen MR) is 120 cm³/mol. The Balaban J connectivity index is 1.56. The standard InChI is InChI=1S/C21H23ClN6O4/c1-27(13-19(29)30)18-9-14(5-6-24-18)11-28-12-17(20(23)26-28)21(31)25-7-8-32-16-4-2-3-15(22)10-16/h2-6,9-10,12H,7-8,11,13H2,1H3,(H2,23,26)(H,25,31)(H,29,30). The summed E-state index contributed by atoms with van der Waals surface area (Å²) in [7, 11) is 1.64. The van der Waals surface area contributed by atoms with Crippen molar-refractivity contribution in [2.45, 2.75) is 6.54 Å². The Labute approximate surface area is 189 Å². The molecule has 3 rings (SSSR count). The molecule has 2 heterocycles. The van der Waals surface area contributed by atoms with E-state index < -0.39 is 5.97 Å². The van der Waals surface area contributed by atoms with E-state index in [0.717, 1.165) is 5.56 Å². The maximum atomic E-state index is 12.4. The number of hydrogen-bond acceptors (Lipinski definition) is 7. The van der Waals surface area contributed by atoms with Crippen LogP contribution in [0.2, 0.25) is 5.02 Å². The van der Waals surface area contributed by atoms with Gasteiger partial charge in [-0.15, -0.1) is 0 Å². The first-order valence-electron chi connectivity index (χ1n) is 9.69. The lowest BCUT2D eigenvalue weighted by molar-refractivity contribution is -0.135. The lowest BCUT2D eigenvalue weighted by Gasteiger charge is -2.16. The van der Waals surface area contributed by atoms with Crippen molar-refractivity contribution >= 4 is 35.1 Å². The molecule has 1 amide bonds. The van der Waals surface area contributed by atoms with E-state index in [1.807, 2.05) is 0 Å². The summed E-state index contributed by atoms with van der Waals surface area (Å²) in [6, 6.07) is 10.5. The molecule has 10 nitrogen and oxygen atoms in total. The van der Waals surface area contributed by atoms with Crippen LogP contribution in [-0.2, 0) is 11.3 Å². The Morgan fingerprint density at radius 3 is 2.88 bits per heavy atom. The van der Waals surface area contributed by atoms with Crippen molar-refractivity contribution < 1.29 is 19.4 Å². The van der Waals surface area contributed by atoms with Crippen LogP contribution in [0, 0.1) is 0 Å². The van der Waals surface area contributed by atoms with Crippen molar-refractivity contribution in [1.82, 2.24) is 20.1 Å². The number of benzene rings is 1. The van der Waals surface area contributed by atoms with Crippen molar-refractivity contribution in [3.63, 3.8) is 0 Å². The predicted octanol–water partition coefficient (Wildman–Crippen LogP) is 1.89. The number of nitrogens with one attached hydrogen (secondary N) is 1. The van der Waals surface area contributed by atoms with Crippen molar-refractivity contribution in [1.29, 1.82) is 0 Å². The minimum atomic E-state index is -0.951. The number of nitrogens with two attached hydrogens (primary N) is 1. The molecule has 168 valence electrons. The van der Waals surface area contributed by atoms with Crippen LogP contribution in [0.4, 0.5) is 11.6 Å². The monoisotopic (exact) mass is 458 g/mol. The number of hydrogen-bond donors (Lipinski definition) is 3. The Kier molecular flexibility index (Phi) is 7.50. The van der Waals surface area contributed by atoms with Crippen LogP contribution >= 0.6 is 11.6 Å². The maximum Gasteiger partial charge on any atom is 0.323 e. The first kappa shape index (κ1) is 22.9. The Morgan fingerprint density at radius 2 is 2.12 bits per heavy atom. The Bertz CT molecular complexity index is 1100. The second-order valence-electron chi connectivity index (χ2n) is 6.96. The van der Waals surface area contributed by atoms with Crippen LogP contribution in [0.3, 0.4) is 0 Å². The van der Waals surface area contributed by atoms with E-state index in [1.54, 1.807) is 60.5 Å². The molecular formula is C21H23ClN6O4. The molecule has 0 aliphatic heterocycles. The number of halogens is 1. The highest BCUT2D eigenvalue weighted by molar-refractivity contribution is 6.30. The van der Waals surface area contributed by atoms with E-state index in [2.05, 4.69) is 15.4 Å². The zero-order valence-corrected chi connectivity index (χ0v) is 18.1. The van der Waals surface area contributed by atoms with Crippen LogP contribution in [0.15, 0.2) is 48.8 Å². The van der Waals surface area contributed by atoms with E-state index in [-0.39, 0.29) is 37.0 Å². The number of pyridine rings is 1. The van der Waals surface area contributed by atoms with E-state index in [9.17, 15) is 9.59 Å². The van der Waals surface area contributed by atoms with Crippen LogP contribution in [0.1, 0.15) is 15.9 Å². The number of carbonyl (C=O) groups excluding carboxylic acids is 1. The van der Waals surface area contributed by atoms with Gasteiger partial charge in [0.05, 0.1) is 13.1 Å². The van der Waals surface area contributed by atoms with Gasteiger partial charge in [0, 0.05) is 24.5 Å². The summed E-state index contributed by atoms with van der Waals surface area (Å²) in [6.45, 7) is 0.714. The summed E-state index contributed by atoms with van der Waals surface area (Å²) in [6.07, 6.45) is 3.15. The SMILES string of the molecule is CN(CC(=O)O)c1cc(Cn2cc(C(=O)NCCOc3cccc(Cl)c3)c(N)n2)ccn1. The number of carbonyl (C=O) groups is 2. The molecule has 11 heteroatoms. The van der Waals surface area contributed by atoms with Gasteiger partial charge >= 0.3 is 5.97 Å². The van der Waals surface area contributed by atoms with E-state index in [1.165, 1.54) is 4.90 Å². The second kappa shape index (κ2) is 10.5. The average Bonchev–Trinajstić information content (AvgIpc) is 3.11. The molecule has 4 N–H and O–H groups in total. The number of aliphatic carboxylic acids is 1. The molecule has 0 aliphatic rings. The maximum absolute atomic E-state index is 12.4. The zero-order chi connectivity index (χ0) is 23.1. The fourth-order valence-corrected chi connectivity index (χ4v) is 3.10. The number of anilines is 2. The Morgan fingerprint density at radius 1 is 1.31 bits per heavy atom. The van der Waals surface area contributed by atoms with Gasteiger partial charge in [0.15, 0.2) is 5.82 Å². The van der Waals surface area contributed by atoms with Gasteiger partial charge in [0.25, 0.3) is 5.91 Å². The summed E-state index contributed by atoms with van der Waals surface area (Å²) in [5.74, 6) is -0.0729. The normalized spacial score (nSPS) is 10.6. The minimum absolute atomic E-state index is 0.107. The van der Waals surface area contributed by atoms with Crippen molar-refractivity contribution in [2.75, 3.05) is 37.4 Å². The van der Waals surface area contributed by atoms with Crippen LogP contribution in [0.25, 0.3) is 0 Å². The summed E-state index contributed by atoms with van der Waals surface area (Å²) >= 11 is 5.91. The summed E-state index contributed by atoms with van der Waals surface area (Å²) in [4.78, 5) is 29.0. The zero-order valence-electron chi connectivity index (χ0n) is 17.4. The number of nitrogen functional groups attached to an aromatic ring is 1. The molecule has 3 aromatic rings. The molecule has 0 atom stereocenters. The highest BCUT2D eigenvalue weighted by Gasteiger charge is 2.15. The lowest BCUT2D eigenvalue weighted by Crippen LogP contribution is -2.28. The molecular weight excluding hydrogens is 436 g/mol. The quantitative estimate of drug-likeness (QED) is 0.392. The lowest BCUT2D eigenvalue weighted by atomic mass is 10.2. The van der Waals surface area contributed by atoms with E-state index in [0.29, 0.717) is 23.1 Å². The molecule has 0 spiro atoms. The minimum Gasteiger partial charge on any atom is -0.492 e. The number of amides is 1. The Hall–Kier alpha value is -3.79. The highest BCUT2D eigenvalue weighted by atomic mass is 35.5. The number of ether oxygens (including phenoxy) is 1. The first-order chi connectivity index (χ1) is 15.3. The number of carboxylic acid groups (broad SMARTS) is 1. The molecule has 0 aliphatic carbocycles. The third-order valence-electron chi connectivity index (χ3n) is 4.41. The smallest absolute Gasteiger partial charge is 0.323 e. The van der Waals surface area contributed by atoms with Crippen LogP contribution in [-0.4, -0.2) is 58.5 Å². The average molecular weight is 459 g/mol. The molecule has 2 aromatic heterocycles. The second-order valence-corrected chi connectivity index (χ2v) is 7.40. The topological polar surface area (TPSA) is 136 Å². The molecule has 0 saturated carbocycles. The van der Waals surface area contributed by atoms with Crippen LogP contribution in [0.5, 0.6) is 5.75 Å². The fraction of sp³-hybridized carbons (Fsp3) is 0.238. The number of nitrogens with zero attached hydrogens (tertiary/aromatic N) is 4. The van der Waals surface area contributed by atoms with Crippen molar-refractivity contribution in [3.8, 4) is 5.75 Å². The number of rotatable bonds is 10. The fourth-order valence-electron chi connectivity index (χ4n) is 2.92. The summed E-state index contributed by atoms with van der Waals surface area (Å²) < 4.78 is 7.09. The van der Waals surface area contributed by atoms with Gasteiger partial charge in [-0.05, 0) is 35.9 Å². The van der Waals surface area contributed by atoms with Gasteiger partial charge in [-0.1, -0.05) is 17.7 Å². The molecule has 0 fully saturated rings. The van der Waals surface area contributed by atoms with Gasteiger partial charge < -0.3 is 25.8 Å².